The standard InChI is InChI=1S/C11H20N2O4/c1-3-12-10(14)7(2)13-6-8-4-5-9(17-8)11(15)16/h7-9,13H,3-6H2,1-2H3,(H,12,14)(H,15,16). The van der Waals surface area contributed by atoms with Crippen LogP contribution in [0.3, 0.4) is 0 Å². The van der Waals surface area contributed by atoms with Gasteiger partial charge in [-0.3, -0.25) is 4.79 Å². The van der Waals surface area contributed by atoms with Crippen LogP contribution >= 0.6 is 0 Å². The summed E-state index contributed by atoms with van der Waals surface area (Å²) in [6.07, 6.45) is 0.443. The maximum atomic E-state index is 11.4. The molecule has 98 valence electrons. The quantitative estimate of drug-likeness (QED) is 0.599. The van der Waals surface area contributed by atoms with Crippen molar-refractivity contribution >= 4 is 11.9 Å². The minimum absolute atomic E-state index is 0.0553. The second-order valence-electron chi connectivity index (χ2n) is 4.19. The third-order valence-corrected chi connectivity index (χ3v) is 2.78. The molecule has 1 saturated heterocycles. The summed E-state index contributed by atoms with van der Waals surface area (Å²) >= 11 is 0. The van der Waals surface area contributed by atoms with Gasteiger partial charge in [-0.25, -0.2) is 4.79 Å². The molecule has 0 bridgehead atoms. The van der Waals surface area contributed by atoms with Gasteiger partial charge in [0, 0.05) is 13.1 Å². The number of nitrogens with one attached hydrogen (secondary N) is 2. The van der Waals surface area contributed by atoms with E-state index < -0.39 is 12.1 Å². The van der Waals surface area contributed by atoms with Gasteiger partial charge < -0.3 is 20.5 Å². The van der Waals surface area contributed by atoms with Gasteiger partial charge in [-0.2, -0.15) is 0 Å². The molecule has 1 rings (SSSR count). The average Bonchev–Trinajstić information content (AvgIpc) is 2.75. The van der Waals surface area contributed by atoms with Crippen molar-refractivity contribution in [3.63, 3.8) is 0 Å². The Balaban J connectivity index is 2.23. The van der Waals surface area contributed by atoms with Gasteiger partial charge in [0.25, 0.3) is 0 Å². The van der Waals surface area contributed by atoms with E-state index in [9.17, 15) is 9.59 Å². The number of carboxylic acid groups (broad SMARTS) is 1. The molecule has 6 heteroatoms. The zero-order chi connectivity index (χ0) is 12.8. The molecular weight excluding hydrogens is 224 g/mol. The van der Waals surface area contributed by atoms with Gasteiger partial charge in [-0.05, 0) is 26.7 Å². The van der Waals surface area contributed by atoms with Crippen LogP contribution in [0.4, 0.5) is 0 Å². The van der Waals surface area contributed by atoms with Crippen molar-refractivity contribution in [2.45, 2.75) is 44.9 Å². The van der Waals surface area contributed by atoms with E-state index in [1.807, 2.05) is 6.92 Å². The van der Waals surface area contributed by atoms with Crippen LogP contribution in [0.1, 0.15) is 26.7 Å². The fourth-order valence-corrected chi connectivity index (χ4v) is 1.77. The molecule has 3 unspecified atom stereocenters. The Kier molecular flexibility index (Phi) is 5.37. The van der Waals surface area contributed by atoms with E-state index in [0.29, 0.717) is 25.9 Å². The van der Waals surface area contributed by atoms with Crippen LogP contribution < -0.4 is 10.6 Å². The number of ether oxygens (including phenoxy) is 1. The van der Waals surface area contributed by atoms with Crippen molar-refractivity contribution < 1.29 is 19.4 Å². The molecule has 0 aromatic heterocycles. The van der Waals surface area contributed by atoms with Crippen molar-refractivity contribution in [3.05, 3.63) is 0 Å². The molecule has 3 N–H and O–H groups in total. The Hall–Kier alpha value is -1.14. The Bertz CT molecular complexity index is 283. The SMILES string of the molecule is CCNC(=O)C(C)NCC1CCC(C(=O)O)O1. The highest BCUT2D eigenvalue weighted by atomic mass is 16.5. The summed E-state index contributed by atoms with van der Waals surface area (Å²) < 4.78 is 5.32. The van der Waals surface area contributed by atoms with Crippen molar-refractivity contribution in [2.75, 3.05) is 13.1 Å². The number of rotatable bonds is 6. The van der Waals surface area contributed by atoms with Crippen LogP contribution in [0, 0.1) is 0 Å². The summed E-state index contributed by atoms with van der Waals surface area (Å²) in [5.74, 6) is -0.968. The van der Waals surface area contributed by atoms with Gasteiger partial charge in [0.1, 0.15) is 0 Å². The zero-order valence-electron chi connectivity index (χ0n) is 10.2. The third-order valence-electron chi connectivity index (χ3n) is 2.78. The van der Waals surface area contributed by atoms with Crippen molar-refractivity contribution in [3.8, 4) is 0 Å². The first kappa shape index (κ1) is 13.9. The predicted molar refractivity (Wildman–Crippen MR) is 61.7 cm³/mol. The van der Waals surface area contributed by atoms with Crippen LogP contribution in [-0.4, -0.2) is 48.3 Å². The molecule has 0 aliphatic carbocycles. The third kappa shape index (κ3) is 4.32. The molecule has 1 heterocycles. The van der Waals surface area contributed by atoms with E-state index in [1.165, 1.54) is 0 Å². The summed E-state index contributed by atoms with van der Waals surface area (Å²) in [5, 5.41) is 14.5. The summed E-state index contributed by atoms with van der Waals surface area (Å²) in [4.78, 5) is 22.1. The molecule has 0 aromatic carbocycles. The van der Waals surface area contributed by atoms with Gasteiger partial charge in [-0.1, -0.05) is 0 Å². The number of carbonyl (C=O) groups excluding carboxylic acids is 1. The van der Waals surface area contributed by atoms with E-state index in [0.717, 1.165) is 0 Å². The number of likely N-dealkylation sites (N-methyl/N-ethyl adjacent to an activating group) is 1. The highest BCUT2D eigenvalue weighted by molar-refractivity contribution is 5.81. The monoisotopic (exact) mass is 244 g/mol. The molecule has 0 aromatic rings. The molecule has 1 fully saturated rings. The highest BCUT2D eigenvalue weighted by Gasteiger charge is 2.30. The van der Waals surface area contributed by atoms with E-state index in [2.05, 4.69) is 10.6 Å². The number of aliphatic carboxylic acids is 1. The van der Waals surface area contributed by atoms with Crippen LogP contribution in [0.5, 0.6) is 0 Å². The number of hydrogen-bond acceptors (Lipinski definition) is 4. The second kappa shape index (κ2) is 6.56. The number of amides is 1. The first-order valence-corrected chi connectivity index (χ1v) is 5.94. The average molecular weight is 244 g/mol. The van der Waals surface area contributed by atoms with Crippen molar-refractivity contribution in [1.82, 2.24) is 10.6 Å². The molecule has 17 heavy (non-hydrogen) atoms. The molecule has 3 atom stereocenters. The highest BCUT2D eigenvalue weighted by Crippen LogP contribution is 2.19. The van der Waals surface area contributed by atoms with Crippen LogP contribution in [0.15, 0.2) is 0 Å². The number of carbonyl (C=O) groups is 2. The van der Waals surface area contributed by atoms with Gasteiger partial charge in [0.2, 0.25) is 5.91 Å². The van der Waals surface area contributed by atoms with Gasteiger partial charge in [0.05, 0.1) is 12.1 Å². The van der Waals surface area contributed by atoms with Gasteiger partial charge >= 0.3 is 5.97 Å². The van der Waals surface area contributed by atoms with E-state index in [4.69, 9.17) is 9.84 Å². The van der Waals surface area contributed by atoms with E-state index in [1.54, 1.807) is 6.92 Å². The summed E-state index contributed by atoms with van der Waals surface area (Å²) in [7, 11) is 0. The second-order valence-corrected chi connectivity index (χ2v) is 4.19. The Morgan fingerprint density at radius 1 is 1.47 bits per heavy atom. The summed E-state index contributed by atoms with van der Waals surface area (Å²) in [6, 6.07) is -0.289. The largest absolute Gasteiger partial charge is 0.479 e. The van der Waals surface area contributed by atoms with Crippen molar-refractivity contribution in [1.29, 1.82) is 0 Å². The first-order valence-electron chi connectivity index (χ1n) is 5.94. The molecule has 0 spiro atoms. The fraction of sp³-hybridized carbons (Fsp3) is 0.818. The first-order chi connectivity index (χ1) is 8.04. The molecule has 1 amide bonds. The fourth-order valence-electron chi connectivity index (χ4n) is 1.77. The topological polar surface area (TPSA) is 87.7 Å². The molecule has 0 saturated carbocycles. The summed E-state index contributed by atoms with van der Waals surface area (Å²) in [6.45, 7) is 4.74. The lowest BCUT2D eigenvalue weighted by Crippen LogP contribution is -2.44. The zero-order valence-corrected chi connectivity index (χ0v) is 10.2. The predicted octanol–water partition coefficient (Wildman–Crippen LogP) is -0.267. The maximum absolute atomic E-state index is 11.4. The van der Waals surface area contributed by atoms with E-state index in [-0.39, 0.29) is 18.1 Å². The Labute approximate surface area is 101 Å². The van der Waals surface area contributed by atoms with Crippen molar-refractivity contribution in [2.24, 2.45) is 0 Å². The van der Waals surface area contributed by atoms with Crippen LogP contribution in [0.25, 0.3) is 0 Å². The van der Waals surface area contributed by atoms with Gasteiger partial charge in [0.15, 0.2) is 6.10 Å². The maximum Gasteiger partial charge on any atom is 0.332 e. The lowest BCUT2D eigenvalue weighted by Gasteiger charge is -2.16. The molecule has 0 radical (unpaired) electrons. The summed E-state index contributed by atoms with van der Waals surface area (Å²) in [5.41, 5.74) is 0. The van der Waals surface area contributed by atoms with Crippen LogP contribution in [-0.2, 0) is 14.3 Å². The lowest BCUT2D eigenvalue weighted by molar-refractivity contribution is -0.149. The normalized spacial score (nSPS) is 25.5. The Morgan fingerprint density at radius 2 is 2.18 bits per heavy atom. The number of hydrogen-bond donors (Lipinski definition) is 3. The minimum Gasteiger partial charge on any atom is -0.479 e. The van der Waals surface area contributed by atoms with E-state index >= 15 is 0 Å². The van der Waals surface area contributed by atoms with Gasteiger partial charge in [-0.15, -0.1) is 0 Å². The lowest BCUT2D eigenvalue weighted by atomic mass is 10.2. The van der Waals surface area contributed by atoms with Crippen LogP contribution in [0.2, 0.25) is 0 Å². The molecule has 1 aliphatic rings. The molecular formula is C11H20N2O4. The minimum atomic E-state index is -0.913. The molecule has 6 nitrogen and oxygen atoms in total. The smallest absolute Gasteiger partial charge is 0.332 e. The molecule has 1 aliphatic heterocycles. The number of carboxylic acids is 1. The Morgan fingerprint density at radius 3 is 2.71 bits per heavy atom.